The van der Waals surface area contributed by atoms with E-state index in [1.807, 2.05) is 6.92 Å². The molecule has 0 spiro atoms. The standard InChI is InChI=1S/C5H10N2O/c1-3-2-5(3,7)4(6)8/h3H,2,7H2,1H3,(H2,6,8)/t3-,5+/m0/s1. The number of primary amides is 1. The molecule has 1 rings (SSSR count). The number of nitrogens with two attached hydrogens (primary N) is 2. The zero-order chi connectivity index (χ0) is 6.36. The highest BCUT2D eigenvalue weighted by molar-refractivity contribution is 5.88. The van der Waals surface area contributed by atoms with Gasteiger partial charge in [0.2, 0.25) is 5.91 Å². The smallest absolute Gasteiger partial charge is 0.237 e. The van der Waals surface area contributed by atoms with Crippen LogP contribution in [0.4, 0.5) is 0 Å². The summed E-state index contributed by atoms with van der Waals surface area (Å²) in [4.78, 5) is 10.4. The average molecular weight is 114 g/mol. The zero-order valence-electron chi connectivity index (χ0n) is 4.85. The zero-order valence-corrected chi connectivity index (χ0v) is 4.85. The topological polar surface area (TPSA) is 69.1 Å². The molecule has 4 N–H and O–H groups in total. The van der Waals surface area contributed by atoms with Crippen LogP contribution in [0.5, 0.6) is 0 Å². The number of rotatable bonds is 1. The second-order valence-electron chi connectivity index (χ2n) is 2.51. The van der Waals surface area contributed by atoms with Crippen molar-refractivity contribution in [3.05, 3.63) is 0 Å². The first-order valence-electron chi connectivity index (χ1n) is 2.66. The molecule has 0 heterocycles. The van der Waals surface area contributed by atoms with Crippen molar-refractivity contribution in [2.24, 2.45) is 17.4 Å². The lowest BCUT2D eigenvalue weighted by Crippen LogP contribution is -2.40. The van der Waals surface area contributed by atoms with E-state index < -0.39 is 5.54 Å². The SMILES string of the molecule is C[C@H]1C[C@]1(N)C(N)=O. The molecule has 1 aliphatic carbocycles. The fraction of sp³-hybridized carbons (Fsp3) is 0.800. The van der Waals surface area contributed by atoms with Crippen molar-refractivity contribution in [3.8, 4) is 0 Å². The van der Waals surface area contributed by atoms with Gasteiger partial charge >= 0.3 is 0 Å². The summed E-state index contributed by atoms with van der Waals surface area (Å²) in [5.41, 5.74) is 9.76. The first kappa shape index (κ1) is 5.56. The molecule has 8 heavy (non-hydrogen) atoms. The molecule has 0 aliphatic heterocycles. The fourth-order valence-corrected chi connectivity index (χ4v) is 0.791. The van der Waals surface area contributed by atoms with E-state index in [1.54, 1.807) is 0 Å². The molecule has 3 heteroatoms. The highest BCUT2D eigenvalue weighted by atomic mass is 16.1. The van der Waals surface area contributed by atoms with Crippen LogP contribution >= 0.6 is 0 Å². The van der Waals surface area contributed by atoms with Crippen molar-refractivity contribution in [1.29, 1.82) is 0 Å². The second-order valence-corrected chi connectivity index (χ2v) is 2.51. The third-order valence-electron chi connectivity index (χ3n) is 1.82. The van der Waals surface area contributed by atoms with E-state index >= 15 is 0 Å². The molecule has 0 unspecified atom stereocenters. The summed E-state index contributed by atoms with van der Waals surface area (Å²) in [7, 11) is 0. The van der Waals surface area contributed by atoms with E-state index in [1.165, 1.54) is 0 Å². The van der Waals surface area contributed by atoms with E-state index in [9.17, 15) is 4.79 Å². The number of carbonyl (C=O) groups excluding carboxylic acids is 1. The maximum absolute atomic E-state index is 10.4. The van der Waals surface area contributed by atoms with E-state index in [0.717, 1.165) is 6.42 Å². The Morgan fingerprint density at radius 1 is 1.88 bits per heavy atom. The third-order valence-corrected chi connectivity index (χ3v) is 1.82. The Kier molecular flexibility index (Phi) is 0.854. The van der Waals surface area contributed by atoms with E-state index in [0.29, 0.717) is 5.92 Å². The average Bonchev–Trinajstić information content (AvgIpc) is 2.17. The van der Waals surface area contributed by atoms with Crippen molar-refractivity contribution >= 4 is 5.91 Å². The molecular weight excluding hydrogens is 104 g/mol. The van der Waals surface area contributed by atoms with Gasteiger partial charge in [0.05, 0.1) is 5.54 Å². The third kappa shape index (κ3) is 0.512. The fourth-order valence-electron chi connectivity index (χ4n) is 0.791. The lowest BCUT2D eigenvalue weighted by atomic mass is 10.2. The first-order chi connectivity index (χ1) is 3.57. The van der Waals surface area contributed by atoms with Gasteiger partial charge < -0.3 is 11.5 Å². The molecule has 1 saturated carbocycles. The quantitative estimate of drug-likeness (QED) is 0.469. The maximum Gasteiger partial charge on any atom is 0.237 e. The van der Waals surface area contributed by atoms with Gasteiger partial charge in [-0.15, -0.1) is 0 Å². The number of hydrogen-bond donors (Lipinski definition) is 2. The molecule has 0 aromatic heterocycles. The summed E-state index contributed by atoms with van der Waals surface area (Å²) in [6, 6.07) is 0. The summed E-state index contributed by atoms with van der Waals surface area (Å²) >= 11 is 0. The van der Waals surface area contributed by atoms with E-state index in [2.05, 4.69) is 0 Å². The van der Waals surface area contributed by atoms with Crippen LogP contribution in [0.1, 0.15) is 13.3 Å². The van der Waals surface area contributed by atoms with Crippen molar-refractivity contribution in [2.45, 2.75) is 18.9 Å². The largest absolute Gasteiger partial charge is 0.368 e. The van der Waals surface area contributed by atoms with Crippen LogP contribution in [-0.4, -0.2) is 11.4 Å². The van der Waals surface area contributed by atoms with Crippen molar-refractivity contribution < 1.29 is 4.79 Å². The summed E-state index contributed by atoms with van der Waals surface area (Å²) < 4.78 is 0. The monoisotopic (exact) mass is 114 g/mol. The van der Waals surface area contributed by atoms with E-state index in [-0.39, 0.29) is 5.91 Å². The molecule has 0 radical (unpaired) electrons. The summed E-state index contributed by atoms with van der Waals surface area (Å²) in [6.07, 6.45) is 0.752. The van der Waals surface area contributed by atoms with Crippen LogP contribution in [0, 0.1) is 5.92 Å². The predicted molar refractivity (Wildman–Crippen MR) is 29.9 cm³/mol. The van der Waals surface area contributed by atoms with Crippen LogP contribution in [-0.2, 0) is 4.79 Å². The molecule has 0 aromatic rings. The van der Waals surface area contributed by atoms with Gasteiger partial charge in [-0.2, -0.15) is 0 Å². The Bertz CT molecular complexity index is 134. The van der Waals surface area contributed by atoms with Crippen LogP contribution in [0.2, 0.25) is 0 Å². The summed E-state index contributed by atoms with van der Waals surface area (Å²) in [6.45, 7) is 1.92. The Morgan fingerprint density at radius 3 is 2.25 bits per heavy atom. The lowest BCUT2D eigenvalue weighted by Gasteiger charge is -2.00. The molecule has 2 atom stereocenters. The maximum atomic E-state index is 10.4. The molecule has 0 aromatic carbocycles. The van der Waals surface area contributed by atoms with Gasteiger partial charge in [0, 0.05) is 0 Å². The van der Waals surface area contributed by atoms with Crippen molar-refractivity contribution in [2.75, 3.05) is 0 Å². The molecule has 3 nitrogen and oxygen atoms in total. The van der Waals surface area contributed by atoms with Gasteiger partial charge in [-0.3, -0.25) is 4.79 Å². The molecule has 46 valence electrons. The van der Waals surface area contributed by atoms with Gasteiger partial charge in [0.1, 0.15) is 0 Å². The normalized spacial score (nSPS) is 44.0. The van der Waals surface area contributed by atoms with Gasteiger partial charge in [0.15, 0.2) is 0 Å². The molecular formula is C5H10N2O. The van der Waals surface area contributed by atoms with Gasteiger partial charge in [-0.1, -0.05) is 6.92 Å². The Labute approximate surface area is 48.0 Å². The Balaban J connectivity index is 2.60. The molecule has 1 aliphatic rings. The first-order valence-corrected chi connectivity index (χ1v) is 2.66. The van der Waals surface area contributed by atoms with Crippen LogP contribution in [0.15, 0.2) is 0 Å². The van der Waals surface area contributed by atoms with Crippen molar-refractivity contribution in [1.82, 2.24) is 0 Å². The molecule has 0 saturated heterocycles. The van der Waals surface area contributed by atoms with Crippen molar-refractivity contribution in [3.63, 3.8) is 0 Å². The number of amides is 1. The Hall–Kier alpha value is -0.570. The lowest BCUT2D eigenvalue weighted by molar-refractivity contribution is -0.120. The molecule has 1 amide bonds. The minimum Gasteiger partial charge on any atom is -0.368 e. The van der Waals surface area contributed by atoms with E-state index in [4.69, 9.17) is 11.5 Å². The van der Waals surface area contributed by atoms with Gasteiger partial charge in [-0.25, -0.2) is 0 Å². The molecule has 0 bridgehead atoms. The highest BCUT2D eigenvalue weighted by Crippen LogP contribution is 2.39. The Morgan fingerprint density at radius 2 is 2.25 bits per heavy atom. The van der Waals surface area contributed by atoms with Crippen LogP contribution in [0.25, 0.3) is 0 Å². The van der Waals surface area contributed by atoms with Gasteiger partial charge in [0.25, 0.3) is 0 Å². The minimum atomic E-state index is -0.653. The molecule has 1 fully saturated rings. The summed E-state index contributed by atoms with van der Waals surface area (Å²) in [5, 5.41) is 0. The predicted octanol–water partition coefficient (Wildman–Crippen LogP) is -0.791. The second kappa shape index (κ2) is 1.23. The van der Waals surface area contributed by atoms with Crippen LogP contribution < -0.4 is 11.5 Å². The minimum absolute atomic E-state index is 0.292. The highest BCUT2D eigenvalue weighted by Gasteiger charge is 2.52. The van der Waals surface area contributed by atoms with Crippen LogP contribution in [0.3, 0.4) is 0 Å². The van der Waals surface area contributed by atoms with Gasteiger partial charge in [-0.05, 0) is 12.3 Å². The summed E-state index contributed by atoms with van der Waals surface area (Å²) in [5.74, 6) is -0.0787. The number of carbonyl (C=O) groups is 1. The number of hydrogen-bond acceptors (Lipinski definition) is 2.